The lowest BCUT2D eigenvalue weighted by molar-refractivity contribution is -0.120. The lowest BCUT2D eigenvalue weighted by Crippen LogP contribution is -2.67. The molecule has 0 bridgehead atoms. The number of benzene rings is 3. The molecule has 3 aliphatic heterocycles. The molecule has 9 rings (SSSR count). The summed E-state index contributed by atoms with van der Waals surface area (Å²) < 4.78 is 68.4. The van der Waals surface area contributed by atoms with Crippen molar-refractivity contribution in [3.05, 3.63) is 76.3 Å². The van der Waals surface area contributed by atoms with Crippen molar-refractivity contribution < 1.29 is 31.5 Å². The molecule has 2 N–H and O–H groups in total. The van der Waals surface area contributed by atoms with Crippen molar-refractivity contribution in [3.63, 3.8) is 0 Å². The summed E-state index contributed by atoms with van der Waals surface area (Å²) in [5.41, 5.74) is 0.990. The molecule has 4 fully saturated rings. The third kappa shape index (κ3) is 7.36. The number of ether oxygens (including phenoxy) is 1. The molecule has 0 atom stereocenters. The number of urea groups is 1. The fraction of sp³-hybridized carbons (Fsp3) is 0.429. The van der Waals surface area contributed by atoms with Crippen LogP contribution in [0.2, 0.25) is 0 Å². The van der Waals surface area contributed by atoms with Gasteiger partial charge in [0, 0.05) is 70.1 Å². The molecule has 3 aromatic carbocycles. The maximum Gasteiger partial charge on any atom is 0.329 e. The van der Waals surface area contributed by atoms with E-state index in [4.69, 9.17) is 4.74 Å². The van der Waals surface area contributed by atoms with Gasteiger partial charge in [-0.05, 0) is 87.2 Å². The molecular formula is C42H45F2N11O6S. The Bertz CT molecular complexity index is 2860. The molecule has 0 unspecified atom stereocenters. The van der Waals surface area contributed by atoms with Crippen LogP contribution in [0, 0.1) is 34.3 Å². The Kier molecular flexibility index (Phi) is 10.4. The summed E-state index contributed by atoms with van der Waals surface area (Å²) in [6.07, 6.45) is 5.56. The third-order valence-electron chi connectivity index (χ3n) is 12.9. The molecule has 2 aromatic heterocycles. The van der Waals surface area contributed by atoms with E-state index in [0.717, 1.165) is 68.3 Å². The van der Waals surface area contributed by atoms with Crippen LogP contribution in [0.25, 0.3) is 21.8 Å². The Hall–Kier alpha value is -6.17. The van der Waals surface area contributed by atoms with E-state index in [2.05, 4.69) is 29.9 Å². The van der Waals surface area contributed by atoms with E-state index in [1.54, 1.807) is 35.4 Å². The zero-order valence-electron chi connectivity index (χ0n) is 34.4. The average molecular weight is 870 g/mol. The average Bonchev–Trinajstić information content (AvgIpc) is 3.53. The molecule has 3 amide bonds. The minimum absolute atomic E-state index is 0.0787. The Balaban J connectivity index is 0.803. The van der Waals surface area contributed by atoms with E-state index in [9.17, 15) is 28.1 Å². The molecule has 62 heavy (non-hydrogen) atoms. The van der Waals surface area contributed by atoms with E-state index in [1.165, 1.54) is 36.5 Å². The van der Waals surface area contributed by atoms with Crippen molar-refractivity contribution in [2.45, 2.75) is 51.6 Å². The lowest BCUT2D eigenvalue weighted by Gasteiger charge is -2.62. The summed E-state index contributed by atoms with van der Waals surface area (Å²) in [7, 11) is -0.889. The zero-order chi connectivity index (χ0) is 43.7. The molecule has 5 heterocycles. The number of halogens is 2. The number of aromatic nitrogens is 4. The normalized spacial score (nSPS) is 18.6. The number of carbonyl (C=O) groups excluding carboxylic acids is 2. The molecule has 1 spiro atoms. The van der Waals surface area contributed by atoms with Crippen molar-refractivity contribution in [1.29, 1.82) is 5.26 Å². The van der Waals surface area contributed by atoms with Crippen molar-refractivity contribution in [2.24, 2.45) is 18.4 Å². The highest BCUT2D eigenvalue weighted by Gasteiger charge is 2.54. The quantitative estimate of drug-likeness (QED) is 0.188. The molecule has 1 aliphatic carbocycles. The number of likely N-dealkylation sites (tertiary alicyclic amines) is 1. The summed E-state index contributed by atoms with van der Waals surface area (Å²) in [6.45, 7) is 5.79. The lowest BCUT2D eigenvalue weighted by atomic mass is 9.60. The van der Waals surface area contributed by atoms with Gasteiger partial charge in [0.2, 0.25) is 5.91 Å². The van der Waals surface area contributed by atoms with Gasteiger partial charge in [-0.2, -0.15) is 23.1 Å². The number of nitriles is 1. The van der Waals surface area contributed by atoms with E-state index in [0.29, 0.717) is 40.5 Å². The number of nitrogens with zero attached hydrogens (tertiary/aromatic N) is 9. The van der Waals surface area contributed by atoms with Gasteiger partial charge in [-0.3, -0.25) is 33.8 Å². The predicted molar refractivity (Wildman–Crippen MR) is 226 cm³/mol. The number of carbonyl (C=O) groups is 2. The van der Waals surface area contributed by atoms with Gasteiger partial charge in [-0.1, -0.05) is 6.92 Å². The number of fused-ring (bicyclic) bond motifs is 2. The van der Waals surface area contributed by atoms with Crippen LogP contribution in [0.5, 0.6) is 11.5 Å². The topological polar surface area (TPSA) is 191 Å². The van der Waals surface area contributed by atoms with Crippen LogP contribution in [-0.4, -0.2) is 101 Å². The van der Waals surface area contributed by atoms with Crippen LogP contribution < -0.4 is 30.1 Å². The fourth-order valence-corrected chi connectivity index (χ4v) is 10.3. The summed E-state index contributed by atoms with van der Waals surface area (Å²) in [5, 5.41) is 17.5. The standard InChI is InChI=1S/C42H45F2N11O6S/c1-4-50(2)62(59,60)49-34-8-6-31(43)38(30(34)20-45)61-27-5-7-33-28(15-27)40(57)53(24-46-33)21-25-9-12-52(13-10-25)26-18-42(19-26)22-54(23-42)36-17-35-29(16-32(36)44)39(48-51(35)3)55-14-11-37(56)47-41(55)58/h5-8,15-17,24-26,49H,4,9-14,18-19,21-23H2,1-3H3,(H,47,56,58). The maximum atomic E-state index is 15.6. The van der Waals surface area contributed by atoms with Crippen molar-refractivity contribution >= 4 is 61.1 Å². The first-order valence-electron chi connectivity index (χ1n) is 20.6. The minimum atomic E-state index is -4.01. The Morgan fingerprint density at radius 1 is 1.03 bits per heavy atom. The van der Waals surface area contributed by atoms with Gasteiger partial charge in [0.05, 0.1) is 34.1 Å². The monoisotopic (exact) mass is 869 g/mol. The number of anilines is 3. The Labute approximate surface area is 355 Å². The first-order valence-corrected chi connectivity index (χ1v) is 22.0. The largest absolute Gasteiger partial charge is 0.453 e. The molecule has 3 saturated heterocycles. The van der Waals surface area contributed by atoms with Crippen molar-refractivity contribution in [3.8, 4) is 17.6 Å². The van der Waals surface area contributed by atoms with Gasteiger partial charge in [-0.25, -0.2) is 18.6 Å². The maximum absolute atomic E-state index is 15.6. The first kappa shape index (κ1) is 41.2. The number of hydrogen-bond acceptors (Lipinski definition) is 11. The van der Waals surface area contributed by atoms with Crippen LogP contribution >= 0.6 is 0 Å². The van der Waals surface area contributed by atoms with Gasteiger partial charge in [0.1, 0.15) is 23.2 Å². The molecular weight excluding hydrogens is 825 g/mol. The van der Waals surface area contributed by atoms with Crippen molar-refractivity contribution in [2.75, 3.05) is 60.8 Å². The summed E-state index contributed by atoms with van der Waals surface area (Å²) in [6, 6.07) is 11.6. The highest BCUT2D eigenvalue weighted by atomic mass is 32.2. The minimum Gasteiger partial charge on any atom is -0.453 e. The predicted octanol–water partition coefficient (Wildman–Crippen LogP) is 4.66. The zero-order valence-corrected chi connectivity index (χ0v) is 35.2. The number of rotatable bonds is 11. The van der Waals surface area contributed by atoms with Crippen LogP contribution in [0.3, 0.4) is 0 Å². The van der Waals surface area contributed by atoms with E-state index >= 15 is 8.78 Å². The van der Waals surface area contributed by atoms with Gasteiger partial charge in [-0.15, -0.1) is 0 Å². The fourth-order valence-electron chi connectivity index (χ4n) is 9.31. The highest BCUT2D eigenvalue weighted by Crippen LogP contribution is 2.52. The van der Waals surface area contributed by atoms with Crippen LogP contribution in [0.4, 0.5) is 30.8 Å². The van der Waals surface area contributed by atoms with E-state index in [-0.39, 0.29) is 70.5 Å². The second kappa shape index (κ2) is 15.6. The Morgan fingerprint density at radius 2 is 1.79 bits per heavy atom. The number of amides is 3. The molecule has 20 heteroatoms. The third-order valence-corrected chi connectivity index (χ3v) is 14.4. The van der Waals surface area contributed by atoms with Gasteiger partial charge >= 0.3 is 16.2 Å². The number of nitrogens with one attached hydrogen (secondary N) is 2. The van der Waals surface area contributed by atoms with E-state index in [1.807, 2.05) is 6.07 Å². The summed E-state index contributed by atoms with van der Waals surface area (Å²) in [5.74, 6) is -1.43. The SMILES string of the molecule is CCN(C)S(=O)(=O)Nc1ccc(F)c(Oc2ccc3ncn(CC4CCN(C5CC6(C5)CN(c5cc7c(cc5F)c(N5CCC(=O)NC5=O)nn7C)C6)CC4)c(=O)c3c2)c1C#N. The summed E-state index contributed by atoms with van der Waals surface area (Å²) in [4.78, 5) is 48.4. The van der Waals surface area contributed by atoms with Crippen molar-refractivity contribution in [1.82, 2.24) is 33.9 Å². The van der Waals surface area contributed by atoms with Gasteiger partial charge < -0.3 is 14.5 Å². The molecule has 1 saturated carbocycles. The highest BCUT2D eigenvalue weighted by molar-refractivity contribution is 7.90. The summed E-state index contributed by atoms with van der Waals surface area (Å²) >= 11 is 0. The number of aryl methyl sites for hydroxylation is 1. The van der Waals surface area contributed by atoms with Gasteiger partial charge in [0.15, 0.2) is 17.4 Å². The number of piperidine rings is 1. The second-order valence-corrected chi connectivity index (χ2v) is 18.6. The smallest absolute Gasteiger partial charge is 0.329 e. The molecule has 4 aliphatic rings. The van der Waals surface area contributed by atoms with Crippen LogP contribution in [0.1, 0.15) is 44.6 Å². The molecule has 17 nitrogen and oxygen atoms in total. The second-order valence-electron chi connectivity index (χ2n) is 16.8. The number of imide groups is 1. The molecule has 0 radical (unpaired) electrons. The van der Waals surface area contributed by atoms with Crippen LogP contribution in [0.15, 0.2) is 53.6 Å². The first-order chi connectivity index (χ1) is 29.7. The van der Waals surface area contributed by atoms with Gasteiger partial charge in [0.25, 0.3) is 5.56 Å². The van der Waals surface area contributed by atoms with E-state index < -0.39 is 27.8 Å². The molecule has 324 valence electrons. The molecule has 5 aromatic rings. The number of hydrogen-bond donors (Lipinski definition) is 2. The Morgan fingerprint density at radius 3 is 2.50 bits per heavy atom. The van der Waals surface area contributed by atoms with Crippen LogP contribution in [-0.2, 0) is 28.6 Å².